The van der Waals surface area contributed by atoms with Crippen molar-refractivity contribution in [3.05, 3.63) is 41.3 Å². The lowest BCUT2D eigenvalue weighted by Gasteiger charge is -2.31. The van der Waals surface area contributed by atoms with Crippen LogP contribution in [0.4, 0.5) is 11.8 Å². The summed E-state index contributed by atoms with van der Waals surface area (Å²) in [7, 11) is 0. The van der Waals surface area contributed by atoms with Gasteiger partial charge < -0.3 is 10.2 Å². The number of hydrogen-bond acceptors (Lipinski definition) is 5. The maximum absolute atomic E-state index is 11.4. The number of anilines is 2. The van der Waals surface area contributed by atoms with E-state index in [1.54, 1.807) is 6.92 Å². The van der Waals surface area contributed by atoms with E-state index in [9.17, 15) is 4.79 Å². The minimum absolute atomic E-state index is 0.156. The lowest BCUT2D eigenvalue weighted by atomic mass is 9.93. The molecule has 0 bridgehead atoms. The quantitative estimate of drug-likeness (QED) is 0.939. The number of carbonyl (C=O) groups excluding carboxylic acids is 1. The topological polar surface area (TPSA) is 71.0 Å². The van der Waals surface area contributed by atoms with Gasteiger partial charge in [0.25, 0.3) is 0 Å². The van der Waals surface area contributed by atoms with E-state index in [0.717, 1.165) is 48.8 Å². The van der Waals surface area contributed by atoms with Crippen LogP contribution in [-0.4, -0.2) is 38.8 Å². The second kappa shape index (κ2) is 6.95. The Labute approximate surface area is 142 Å². The monoisotopic (exact) mass is 325 g/mol. The number of aryl methyl sites for hydroxylation is 2. The third-order valence-corrected chi connectivity index (χ3v) is 4.35. The molecule has 2 aromatic heterocycles. The first-order valence-electron chi connectivity index (χ1n) is 8.33. The van der Waals surface area contributed by atoms with E-state index >= 15 is 0 Å². The Hall–Kier alpha value is -2.50. The average Bonchev–Trinajstić information content (AvgIpc) is 2.54. The van der Waals surface area contributed by atoms with Crippen molar-refractivity contribution in [2.24, 2.45) is 0 Å². The summed E-state index contributed by atoms with van der Waals surface area (Å²) in [4.78, 5) is 26.9. The Morgan fingerprint density at radius 1 is 1.12 bits per heavy atom. The first kappa shape index (κ1) is 16.4. The van der Waals surface area contributed by atoms with Crippen molar-refractivity contribution in [1.82, 2.24) is 19.9 Å². The van der Waals surface area contributed by atoms with E-state index in [4.69, 9.17) is 4.98 Å². The molecule has 24 heavy (non-hydrogen) atoms. The number of pyridine rings is 1. The largest absolute Gasteiger partial charge is 0.343 e. The molecule has 1 fully saturated rings. The molecule has 0 aromatic carbocycles. The van der Waals surface area contributed by atoms with Crippen LogP contribution in [0.25, 0.3) is 0 Å². The molecule has 6 nitrogen and oxygen atoms in total. The van der Waals surface area contributed by atoms with Crippen LogP contribution in [0.1, 0.15) is 42.8 Å². The number of amides is 1. The van der Waals surface area contributed by atoms with E-state index in [1.807, 2.05) is 36.9 Å². The van der Waals surface area contributed by atoms with Crippen LogP contribution in [0.2, 0.25) is 0 Å². The molecule has 2 aromatic rings. The van der Waals surface area contributed by atoms with Gasteiger partial charge in [0, 0.05) is 43.0 Å². The SMILES string of the molecule is CC(=O)N1CCC(c2cccc(Nc3nc(C)cc(C)n3)n2)CC1. The highest BCUT2D eigenvalue weighted by Crippen LogP contribution is 2.27. The van der Waals surface area contributed by atoms with Gasteiger partial charge in [-0.25, -0.2) is 15.0 Å². The third kappa shape index (κ3) is 3.88. The van der Waals surface area contributed by atoms with Gasteiger partial charge in [0.2, 0.25) is 11.9 Å². The zero-order chi connectivity index (χ0) is 17.1. The van der Waals surface area contributed by atoms with E-state index in [0.29, 0.717) is 11.9 Å². The van der Waals surface area contributed by atoms with E-state index in [-0.39, 0.29) is 5.91 Å². The fourth-order valence-electron chi connectivity index (χ4n) is 3.13. The zero-order valence-corrected chi connectivity index (χ0v) is 14.4. The van der Waals surface area contributed by atoms with Gasteiger partial charge in [-0.1, -0.05) is 6.07 Å². The van der Waals surface area contributed by atoms with E-state index in [1.165, 1.54) is 0 Å². The number of aromatic nitrogens is 3. The smallest absolute Gasteiger partial charge is 0.228 e. The van der Waals surface area contributed by atoms with Crippen molar-refractivity contribution in [2.75, 3.05) is 18.4 Å². The van der Waals surface area contributed by atoms with Crippen LogP contribution in [0.15, 0.2) is 24.3 Å². The number of nitrogens with one attached hydrogen (secondary N) is 1. The fraction of sp³-hybridized carbons (Fsp3) is 0.444. The van der Waals surface area contributed by atoms with Crippen molar-refractivity contribution in [3.8, 4) is 0 Å². The van der Waals surface area contributed by atoms with Crippen LogP contribution in [0, 0.1) is 13.8 Å². The van der Waals surface area contributed by atoms with E-state index < -0.39 is 0 Å². The van der Waals surface area contributed by atoms with Crippen LogP contribution in [0.3, 0.4) is 0 Å². The Bertz CT molecular complexity index is 718. The summed E-state index contributed by atoms with van der Waals surface area (Å²) in [5.74, 6) is 1.88. The molecule has 6 heteroatoms. The molecule has 126 valence electrons. The first-order valence-corrected chi connectivity index (χ1v) is 8.33. The Balaban J connectivity index is 1.71. The molecule has 1 aliphatic rings. The average molecular weight is 325 g/mol. The molecule has 3 heterocycles. The summed E-state index contributed by atoms with van der Waals surface area (Å²) < 4.78 is 0. The van der Waals surface area contributed by atoms with Gasteiger partial charge in [-0.15, -0.1) is 0 Å². The molecule has 1 aliphatic heterocycles. The number of nitrogens with zero attached hydrogens (tertiary/aromatic N) is 4. The predicted molar refractivity (Wildman–Crippen MR) is 93.3 cm³/mol. The minimum Gasteiger partial charge on any atom is -0.343 e. The second-order valence-corrected chi connectivity index (χ2v) is 6.33. The van der Waals surface area contributed by atoms with Crippen molar-refractivity contribution < 1.29 is 4.79 Å². The summed E-state index contributed by atoms with van der Waals surface area (Å²) in [6, 6.07) is 7.93. The van der Waals surface area contributed by atoms with Gasteiger partial charge in [0.1, 0.15) is 5.82 Å². The first-order chi connectivity index (χ1) is 11.5. The van der Waals surface area contributed by atoms with Crippen LogP contribution < -0.4 is 5.32 Å². The molecular weight excluding hydrogens is 302 g/mol. The molecule has 1 amide bonds. The molecule has 0 spiro atoms. The summed E-state index contributed by atoms with van der Waals surface area (Å²) >= 11 is 0. The molecular formula is C18H23N5O. The predicted octanol–water partition coefficient (Wildman–Crippen LogP) is 2.96. The molecule has 1 saturated heterocycles. The summed E-state index contributed by atoms with van der Waals surface area (Å²) in [5.41, 5.74) is 2.92. The standard InChI is InChI=1S/C18H23N5O/c1-12-11-13(2)20-18(19-12)22-17-6-4-5-16(21-17)15-7-9-23(10-8-15)14(3)24/h4-6,11,15H,7-10H2,1-3H3,(H,19,20,21,22). The third-order valence-electron chi connectivity index (χ3n) is 4.35. The number of likely N-dealkylation sites (tertiary alicyclic amines) is 1. The van der Waals surface area contributed by atoms with Gasteiger partial charge in [-0.2, -0.15) is 0 Å². The molecule has 3 rings (SSSR count). The van der Waals surface area contributed by atoms with Gasteiger partial charge in [0.15, 0.2) is 0 Å². The van der Waals surface area contributed by atoms with Gasteiger partial charge in [-0.05, 0) is 44.9 Å². The summed E-state index contributed by atoms with van der Waals surface area (Å²) in [6.45, 7) is 7.14. The summed E-state index contributed by atoms with van der Waals surface area (Å²) in [5, 5.41) is 3.19. The molecule has 0 aliphatic carbocycles. The summed E-state index contributed by atoms with van der Waals surface area (Å²) in [6.07, 6.45) is 1.91. The Morgan fingerprint density at radius 2 is 1.79 bits per heavy atom. The van der Waals surface area contributed by atoms with Crippen molar-refractivity contribution >= 4 is 17.7 Å². The Kier molecular flexibility index (Phi) is 4.74. The highest BCUT2D eigenvalue weighted by atomic mass is 16.2. The zero-order valence-electron chi connectivity index (χ0n) is 14.4. The lowest BCUT2D eigenvalue weighted by molar-refractivity contribution is -0.129. The van der Waals surface area contributed by atoms with Crippen LogP contribution >= 0.6 is 0 Å². The van der Waals surface area contributed by atoms with Crippen molar-refractivity contribution in [1.29, 1.82) is 0 Å². The maximum Gasteiger partial charge on any atom is 0.228 e. The lowest BCUT2D eigenvalue weighted by Crippen LogP contribution is -2.36. The Morgan fingerprint density at radius 3 is 2.42 bits per heavy atom. The van der Waals surface area contributed by atoms with Gasteiger partial charge in [-0.3, -0.25) is 4.79 Å². The fourth-order valence-corrected chi connectivity index (χ4v) is 3.13. The van der Waals surface area contributed by atoms with Gasteiger partial charge >= 0.3 is 0 Å². The molecule has 0 unspecified atom stereocenters. The van der Waals surface area contributed by atoms with Crippen LogP contribution in [-0.2, 0) is 4.79 Å². The maximum atomic E-state index is 11.4. The molecule has 1 N–H and O–H groups in total. The number of rotatable bonds is 3. The molecule has 0 atom stereocenters. The van der Waals surface area contributed by atoms with Crippen molar-refractivity contribution in [3.63, 3.8) is 0 Å². The molecule has 0 saturated carbocycles. The normalized spacial score (nSPS) is 15.4. The number of carbonyl (C=O) groups is 1. The highest BCUT2D eigenvalue weighted by Gasteiger charge is 2.23. The van der Waals surface area contributed by atoms with E-state index in [2.05, 4.69) is 21.4 Å². The molecule has 0 radical (unpaired) electrons. The van der Waals surface area contributed by atoms with Gasteiger partial charge in [0.05, 0.1) is 0 Å². The highest BCUT2D eigenvalue weighted by molar-refractivity contribution is 5.73. The number of hydrogen-bond donors (Lipinski definition) is 1. The van der Waals surface area contributed by atoms with Crippen molar-refractivity contribution in [2.45, 2.75) is 39.5 Å². The van der Waals surface area contributed by atoms with Crippen LogP contribution in [0.5, 0.6) is 0 Å². The minimum atomic E-state index is 0.156. The number of piperidine rings is 1. The second-order valence-electron chi connectivity index (χ2n) is 6.33.